The lowest BCUT2D eigenvalue weighted by Crippen LogP contribution is -1.96. The van der Waals surface area contributed by atoms with Gasteiger partial charge in [0.05, 0.1) is 6.21 Å². The predicted octanol–water partition coefficient (Wildman–Crippen LogP) is 4.60. The van der Waals surface area contributed by atoms with Crippen molar-refractivity contribution in [3.05, 3.63) is 83.9 Å². The van der Waals surface area contributed by atoms with Gasteiger partial charge in [-0.2, -0.15) is 15.3 Å². The molecule has 0 atom stereocenters. The van der Waals surface area contributed by atoms with Crippen LogP contribution in [-0.4, -0.2) is 11.2 Å². The number of anilines is 1. The number of aromatic nitrogens is 1. The summed E-state index contributed by atoms with van der Waals surface area (Å²) < 4.78 is 11.2. The van der Waals surface area contributed by atoms with Crippen molar-refractivity contribution < 1.29 is 9.15 Å². The molecule has 0 unspecified atom stereocenters. The molecule has 3 aromatic rings. The number of allylic oxidation sites excluding steroid dienone is 1. The fraction of sp³-hybridized carbons (Fsp3) is 0.0952. The SMILES string of the molecule is C=C(C)c1nc(C#N)c(N/N=C/c2cccc(OCc3ccccc3)c2)o1. The minimum absolute atomic E-state index is 0.130. The molecule has 0 fully saturated rings. The minimum Gasteiger partial charge on any atom is -0.489 e. The molecule has 134 valence electrons. The highest BCUT2D eigenvalue weighted by molar-refractivity contribution is 5.80. The Morgan fingerprint density at radius 3 is 2.85 bits per heavy atom. The molecule has 2 aromatic carbocycles. The maximum absolute atomic E-state index is 9.11. The first-order valence-corrected chi connectivity index (χ1v) is 8.28. The van der Waals surface area contributed by atoms with E-state index in [0.29, 0.717) is 18.1 Å². The Bertz CT molecular complexity index is 1000. The molecule has 6 nitrogen and oxygen atoms in total. The maximum atomic E-state index is 9.11. The van der Waals surface area contributed by atoms with Gasteiger partial charge in [0.2, 0.25) is 11.6 Å². The molecule has 27 heavy (non-hydrogen) atoms. The topological polar surface area (TPSA) is 83.4 Å². The molecule has 0 aliphatic heterocycles. The van der Waals surface area contributed by atoms with Gasteiger partial charge in [-0.05, 0) is 30.2 Å². The van der Waals surface area contributed by atoms with E-state index >= 15 is 0 Å². The van der Waals surface area contributed by atoms with Crippen LogP contribution >= 0.6 is 0 Å². The van der Waals surface area contributed by atoms with Gasteiger partial charge in [-0.1, -0.05) is 49.0 Å². The highest BCUT2D eigenvalue weighted by Gasteiger charge is 2.12. The van der Waals surface area contributed by atoms with E-state index < -0.39 is 0 Å². The largest absolute Gasteiger partial charge is 0.489 e. The Balaban J connectivity index is 1.64. The standard InChI is InChI=1S/C21H18N4O2/c1-15(2)20-24-19(12-22)21(27-20)25-23-13-17-9-6-10-18(11-17)26-14-16-7-4-3-5-8-16/h3-11,13,25H,1,14H2,2H3/b23-13+. The lowest BCUT2D eigenvalue weighted by Gasteiger charge is -2.06. The number of oxazole rings is 1. The van der Waals surface area contributed by atoms with Gasteiger partial charge < -0.3 is 9.15 Å². The molecular formula is C21H18N4O2. The van der Waals surface area contributed by atoms with E-state index in [1.165, 1.54) is 0 Å². The molecule has 1 N–H and O–H groups in total. The van der Waals surface area contributed by atoms with Gasteiger partial charge in [-0.25, -0.2) is 5.43 Å². The molecule has 0 radical (unpaired) electrons. The van der Waals surface area contributed by atoms with Crippen LogP contribution in [0.4, 0.5) is 5.88 Å². The van der Waals surface area contributed by atoms with Crippen LogP contribution in [0.1, 0.15) is 29.6 Å². The lowest BCUT2D eigenvalue weighted by molar-refractivity contribution is 0.306. The van der Waals surface area contributed by atoms with Crippen molar-refractivity contribution in [2.24, 2.45) is 5.10 Å². The van der Waals surface area contributed by atoms with E-state index in [-0.39, 0.29) is 11.6 Å². The molecule has 0 bridgehead atoms. The number of hydrazone groups is 1. The summed E-state index contributed by atoms with van der Waals surface area (Å²) in [7, 11) is 0. The van der Waals surface area contributed by atoms with Crippen molar-refractivity contribution in [3.63, 3.8) is 0 Å². The molecule has 0 aliphatic carbocycles. The monoisotopic (exact) mass is 358 g/mol. The van der Waals surface area contributed by atoms with Crippen molar-refractivity contribution in [1.82, 2.24) is 4.98 Å². The van der Waals surface area contributed by atoms with Gasteiger partial charge in [0.25, 0.3) is 5.88 Å². The van der Waals surface area contributed by atoms with E-state index in [1.807, 2.05) is 60.7 Å². The molecule has 0 saturated carbocycles. The molecule has 0 spiro atoms. The van der Waals surface area contributed by atoms with E-state index in [9.17, 15) is 0 Å². The Kier molecular flexibility index (Phi) is 5.65. The third kappa shape index (κ3) is 4.83. The predicted molar refractivity (Wildman–Crippen MR) is 104 cm³/mol. The summed E-state index contributed by atoms with van der Waals surface area (Å²) >= 11 is 0. The first-order valence-electron chi connectivity index (χ1n) is 8.28. The number of nitrogens with zero attached hydrogens (tertiary/aromatic N) is 3. The normalized spacial score (nSPS) is 10.5. The fourth-order valence-corrected chi connectivity index (χ4v) is 2.25. The van der Waals surface area contributed by atoms with Crippen molar-refractivity contribution in [2.45, 2.75) is 13.5 Å². The summed E-state index contributed by atoms with van der Waals surface area (Å²) in [4.78, 5) is 4.04. The van der Waals surface area contributed by atoms with Crippen LogP contribution in [0.25, 0.3) is 5.57 Å². The van der Waals surface area contributed by atoms with Crippen LogP contribution in [0.5, 0.6) is 5.75 Å². The minimum atomic E-state index is 0.130. The van der Waals surface area contributed by atoms with Crippen LogP contribution in [0.2, 0.25) is 0 Å². The zero-order valence-corrected chi connectivity index (χ0v) is 14.8. The first kappa shape index (κ1) is 18.0. The number of ether oxygens (including phenoxy) is 1. The van der Waals surface area contributed by atoms with Crippen LogP contribution in [0.15, 0.2) is 70.7 Å². The summed E-state index contributed by atoms with van der Waals surface area (Å²) in [6.07, 6.45) is 1.61. The maximum Gasteiger partial charge on any atom is 0.252 e. The summed E-state index contributed by atoms with van der Waals surface area (Å²) in [6.45, 7) is 5.99. The van der Waals surface area contributed by atoms with Crippen LogP contribution < -0.4 is 10.2 Å². The van der Waals surface area contributed by atoms with Crippen molar-refractivity contribution in [3.8, 4) is 11.8 Å². The second-order valence-electron chi connectivity index (χ2n) is 5.81. The van der Waals surface area contributed by atoms with Crippen molar-refractivity contribution in [1.29, 1.82) is 5.26 Å². The zero-order chi connectivity index (χ0) is 19.1. The third-order valence-corrected chi connectivity index (χ3v) is 3.58. The number of rotatable bonds is 7. The highest BCUT2D eigenvalue weighted by atomic mass is 16.5. The number of nitrogens with one attached hydrogen (secondary N) is 1. The lowest BCUT2D eigenvalue weighted by atomic mass is 10.2. The Morgan fingerprint density at radius 1 is 1.30 bits per heavy atom. The van der Waals surface area contributed by atoms with Crippen molar-refractivity contribution >= 4 is 17.7 Å². The molecule has 1 aromatic heterocycles. The smallest absolute Gasteiger partial charge is 0.252 e. The van der Waals surface area contributed by atoms with Crippen LogP contribution in [0.3, 0.4) is 0 Å². The summed E-state index contributed by atoms with van der Waals surface area (Å²) in [6, 6.07) is 19.5. The summed E-state index contributed by atoms with van der Waals surface area (Å²) in [5.74, 6) is 1.23. The summed E-state index contributed by atoms with van der Waals surface area (Å²) in [5.41, 5.74) is 5.40. The van der Waals surface area contributed by atoms with Crippen LogP contribution in [0, 0.1) is 11.3 Å². The Labute approximate surface area is 157 Å². The van der Waals surface area contributed by atoms with Gasteiger partial charge in [-0.3, -0.25) is 0 Å². The Morgan fingerprint density at radius 2 is 2.11 bits per heavy atom. The van der Waals surface area contributed by atoms with Gasteiger partial charge in [0.1, 0.15) is 18.4 Å². The van der Waals surface area contributed by atoms with E-state index in [0.717, 1.165) is 16.9 Å². The molecule has 0 amide bonds. The van der Waals surface area contributed by atoms with E-state index in [2.05, 4.69) is 22.1 Å². The average molecular weight is 358 g/mol. The van der Waals surface area contributed by atoms with Gasteiger partial charge in [-0.15, -0.1) is 0 Å². The zero-order valence-electron chi connectivity index (χ0n) is 14.8. The Hall–Kier alpha value is -3.85. The number of benzene rings is 2. The number of nitriles is 1. The molecule has 1 heterocycles. The highest BCUT2D eigenvalue weighted by Crippen LogP contribution is 2.21. The van der Waals surface area contributed by atoms with Crippen molar-refractivity contribution in [2.75, 3.05) is 5.43 Å². The summed E-state index contributed by atoms with van der Waals surface area (Å²) in [5, 5.41) is 13.2. The molecule has 0 aliphatic rings. The second kappa shape index (κ2) is 8.50. The third-order valence-electron chi connectivity index (χ3n) is 3.58. The fourth-order valence-electron chi connectivity index (χ4n) is 2.25. The van der Waals surface area contributed by atoms with E-state index in [1.54, 1.807) is 13.1 Å². The molecule has 0 saturated heterocycles. The molecular weight excluding hydrogens is 340 g/mol. The van der Waals surface area contributed by atoms with E-state index in [4.69, 9.17) is 14.4 Å². The quantitative estimate of drug-likeness (QED) is 0.493. The first-order chi connectivity index (χ1) is 13.2. The average Bonchev–Trinajstić information content (AvgIpc) is 3.11. The molecule has 6 heteroatoms. The van der Waals surface area contributed by atoms with Gasteiger partial charge in [0.15, 0.2) is 0 Å². The van der Waals surface area contributed by atoms with Gasteiger partial charge in [0, 0.05) is 5.57 Å². The van der Waals surface area contributed by atoms with Crippen LogP contribution in [-0.2, 0) is 6.61 Å². The number of hydrogen-bond donors (Lipinski definition) is 1. The molecule has 3 rings (SSSR count). The second-order valence-corrected chi connectivity index (χ2v) is 5.81. The van der Waals surface area contributed by atoms with Gasteiger partial charge >= 0.3 is 0 Å². The number of hydrogen-bond acceptors (Lipinski definition) is 6.